The number of nitrogens with one attached hydrogen (secondary N) is 3. The Morgan fingerprint density at radius 2 is 1.78 bits per heavy atom. The highest BCUT2D eigenvalue weighted by atomic mass is 15.1. The molecule has 5 rings (SSSR count). The second-order valence-corrected chi connectivity index (χ2v) is 7.00. The van der Waals surface area contributed by atoms with Crippen LogP contribution in [-0.4, -0.2) is 9.97 Å². The van der Waals surface area contributed by atoms with Crippen LogP contribution in [0.5, 0.6) is 0 Å². The molecule has 5 aromatic rings. The fourth-order valence-corrected chi connectivity index (χ4v) is 3.73. The first-order valence-electron chi connectivity index (χ1n) is 9.14. The van der Waals surface area contributed by atoms with Crippen LogP contribution in [0.4, 0.5) is 11.5 Å². The normalized spacial score (nSPS) is 11.3. The maximum Gasteiger partial charge on any atom is 0.271 e. The summed E-state index contributed by atoms with van der Waals surface area (Å²) in [6.07, 6.45) is 4.15. The van der Waals surface area contributed by atoms with E-state index in [0.717, 1.165) is 33.9 Å². The van der Waals surface area contributed by atoms with E-state index in [-0.39, 0.29) is 0 Å². The maximum absolute atomic E-state index is 3.66. The predicted molar refractivity (Wildman–Crippen MR) is 110 cm³/mol. The van der Waals surface area contributed by atoms with Gasteiger partial charge in [0.05, 0.1) is 11.9 Å². The molecule has 0 saturated heterocycles. The van der Waals surface area contributed by atoms with Gasteiger partial charge in [-0.05, 0) is 37.6 Å². The minimum atomic E-state index is 1.03. The lowest BCUT2D eigenvalue weighted by molar-refractivity contribution is -0.493. The van der Waals surface area contributed by atoms with E-state index in [1.54, 1.807) is 0 Å². The number of rotatable bonds is 3. The Morgan fingerprint density at radius 1 is 0.926 bits per heavy atom. The quantitative estimate of drug-likeness (QED) is 0.381. The maximum atomic E-state index is 3.66. The molecule has 2 aromatic carbocycles. The summed E-state index contributed by atoms with van der Waals surface area (Å²) in [7, 11) is 0. The second-order valence-electron chi connectivity index (χ2n) is 7.00. The lowest BCUT2D eigenvalue weighted by Crippen LogP contribution is -2.22. The highest BCUT2D eigenvalue weighted by Gasteiger charge is 2.23. The number of fused-ring (bicyclic) bond motifs is 2. The van der Waals surface area contributed by atoms with E-state index in [0.29, 0.717) is 0 Å². The van der Waals surface area contributed by atoms with E-state index in [4.69, 9.17) is 0 Å². The number of imidazole rings is 1. The van der Waals surface area contributed by atoms with Crippen molar-refractivity contribution in [3.05, 3.63) is 84.2 Å². The molecule has 3 heterocycles. The number of pyridine rings is 1. The third-order valence-corrected chi connectivity index (χ3v) is 5.08. The number of aromatic amines is 2. The van der Waals surface area contributed by atoms with Crippen molar-refractivity contribution in [2.45, 2.75) is 13.8 Å². The van der Waals surface area contributed by atoms with Crippen molar-refractivity contribution in [3.8, 4) is 11.3 Å². The molecule has 0 amide bonds. The molecule has 3 aromatic heterocycles. The average molecular weight is 353 g/mol. The smallest absolute Gasteiger partial charge is 0.271 e. The van der Waals surface area contributed by atoms with Gasteiger partial charge in [0, 0.05) is 28.7 Å². The van der Waals surface area contributed by atoms with E-state index in [2.05, 4.69) is 94.5 Å². The summed E-state index contributed by atoms with van der Waals surface area (Å²) >= 11 is 0. The van der Waals surface area contributed by atoms with Gasteiger partial charge in [0.15, 0.2) is 5.69 Å². The Labute approximate surface area is 157 Å². The molecule has 132 valence electrons. The zero-order chi connectivity index (χ0) is 18.4. The number of aryl methyl sites for hydroxylation is 2. The van der Waals surface area contributed by atoms with Crippen molar-refractivity contribution in [1.82, 2.24) is 9.97 Å². The molecule has 0 unspecified atom stereocenters. The lowest BCUT2D eigenvalue weighted by atomic mass is 10.1. The number of nitrogens with zero attached hydrogens (tertiary/aromatic N) is 1. The molecule has 0 saturated carbocycles. The fourth-order valence-electron chi connectivity index (χ4n) is 3.73. The zero-order valence-corrected chi connectivity index (χ0v) is 15.4. The third kappa shape index (κ3) is 2.57. The minimum absolute atomic E-state index is 1.03. The van der Waals surface area contributed by atoms with Crippen molar-refractivity contribution in [3.63, 3.8) is 0 Å². The van der Waals surface area contributed by atoms with Crippen LogP contribution in [0.25, 0.3) is 27.8 Å². The van der Waals surface area contributed by atoms with E-state index in [9.17, 15) is 0 Å². The molecule has 0 fully saturated rings. The SMILES string of the molecule is Cc1ccc(Nc2c(-c3c[nH]c4ccccc34)[nH]c3cccc[n+]23)c(C)c1. The summed E-state index contributed by atoms with van der Waals surface area (Å²) in [4.78, 5) is 6.97. The number of hydrogen-bond donors (Lipinski definition) is 3. The zero-order valence-electron chi connectivity index (χ0n) is 15.4. The van der Waals surface area contributed by atoms with Crippen LogP contribution < -0.4 is 9.72 Å². The molecule has 0 bridgehead atoms. The van der Waals surface area contributed by atoms with Gasteiger partial charge < -0.3 is 4.98 Å². The summed E-state index contributed by atoms with van der Waals surface area (Å²) in [5.41, 5.74) is 8.00. The van der Waals surface area contributed by atoms with Crippen LogP contribution in [0.3, 0.4) is 0 Å². The first kappa shape index (κ1) is 15.7. The number of aromatic nitrogens is 3. The Bertz CT molecular complexity index is 1280. The molecule has 3 N–H and O–H groups in total. The van der Waals surface area contributed by atoms with Crippen LogP contribution in [0.1, 0.15) is 11.1 Å². The summed E-state index contributed by atoms with van der Waals surface area (Å²) in [5, 5.41) is 4.86. The highest BCUT2D eigenvalue weighted by Crippen LogP contribution is 2.33. The van der Waals surface area contributed by atoms with Crippen molar-refractivity contribution >= 4 is 28.1 Å². The molecule has 0 atom stereocenters. The number of anilines is 2. The summed E-state index contributed by atoms with van der Waals surface area (Å²) in [5.74, 6) is 1.03. The Kier molecular flexibility index (Phi) is 3.50. The van der Waals surface area contributed by atoms with Crippen molar-refractivity contribution in [2.24, 2.45) is 0 Å². The van der Waals surface area contributed by atoms with E-state index in [1.165, 1.54) is 16.5 Å². The number of hydrogen-bond acceptors (Lipinski definition) is 1. The van der Waals surface area contributed by atoms with Gasteiger partial charge in [-0.2, -0.15) is 0 Å². The largest absolute Gasteiger partial charge is 0.360 e. The van der Waals surface area contributed by atoms with E-state index in [1.807, 2.05) is 12.1 Å². The lowest BCUT2D eigenvalue weighted by Gasteiger charge is -2.06. The van der Waals surface area contributed by atoms with Crippen molar-refractivity contribution in [1.29, 1.82) is 0 Å². The van der Waals surface area contributed by atoms with Crippen LogP contribution >= 0.6 is 0 Å². The van der Waals surface area contributed by atoms with Crippen LogP contribution in [0, 0.1) is 13.8 Å². The minimum Gasteiger partial charge on any atom is -0.360 e. The van der Waals surface area contributed by atoms with Gasteiger partial charge in [-0.25, -0.2) is 4.40 Å². The van der Waals surface area contributed by atoms with Gasteiger partial charge in [-0.3, -0.25) is 10.3 Å². The van der Waals surface area contributed by atoms with Crippen LogP contribution in [-0.2, 0) is 0 Å². The van der Waals surface area contributed by atoms with Gasteiger partial charge in [0.25, 0.3) is 5.82 Å². The van der Waals surface area contributed by atoms with Crippen LogP contribution in [0.15, 0.2) is 73.1 Å². The molecule has 4 nitrogen and oxygen atoms in total. The standard InChI is InChI=1S/C23H20N4/c1-15-10-11-19(16(2)13-15)25-23-22(26-21-9-5-6-12-27(21)23)18-14-24-20-8-4-3-7-17(18)20/h3-14,24-25H,1-2H3/p+1. The average Bonchev–Trinajstić information content (AvgIpc) is 3.25. The molecule has 0 aliphatic carbocycles. The van der Waals surface area contributed by atoms with E-state index < -0.39 is 0 Å². The monoisotopic (exact) mass is 353 g/mol. The van der Waals surface area contributed by atoms with Crippen molar-refractivity contribution < 1.29 is 4.40 Å². The fraction of sp³-hybridized carbons (Fsp3) is 0.0870. The third-order valence-electron chi connectivity index (χ3n) is 5.08. The first-order valence-corrected chi connectivity index (χ1v) is 9.14. The molecular weight excluding hydrogens is 332 g/mol. The summed E-state index contributed by atoms with van der Waals surface area (Å²) in [6, 6.07) is 21.1. The van der Waals surface area contributed by atoms with Gasteiger partial charge in [0.2, 0.25) is 5.65 Å². The molecule has 27 heavy (non-hydrogen) atoms. The van der Waals surface area contributed by atoms with Gasteiger partial charge in [-0.15, -0.1) is 0 Å². The summed E-state index contributed by atoms with van der Waals surface area (Å²) in [6.45, 7) is 4.26. The first-order chi connectivity index (χ1) is 13.2. The molecular formula is C23H21N4+. The number of para-hydroxylation sites is 1. The van der Waals surface area contributed by atoms with Gasteiger partial charge >= 0.3 is 0 Å². The van der Waals surface area contributed by atoms with Crippen LogP contribution in [0.2, 0.25) is 0 Å². The second kappa shape index (κ2) is 6.02. The van der Waals surface area contributed by atoms with E-state index >= 15 is 0 Å². The molecule has 4 heteroatoms. The Morgan fingerprint density at radius 3 is 2.67 bits per heavy atom. The molecule has 0 radical (unpaired) electrons. The molecule has 0 aliphatic heterocycles. The van der Waals surface area contributed by atoms with Gasteiger partial charge in [0.1, 0.15) is 0 Å². The van der Waals surface area contributed by atoms with Gasteiger partial charge in [-0.1, -0.05) is 42.0 Å². The molecule has 0 aliphatic rings. The number of H-pyrrole nitrogens is 2. The van der Waals surface area contributed by atoms with Crippen molar-refractivity contribution in [2.75, 3.05) is 5.32 Å². The Hall–Kier alpha value is -3.53. The summed E-state index contributed by atoms with van der Waals surface area (Å²) < 4.78 is 2.16. The Balaban J connectivity index is 1.74. The predicted octanol–water partition coefficient (Wildman–Crippen LogP) is 5.26. The molecule has 0 spiro atoms. The topological polar surface area (TPSA) is 47.7 Å². The number of benzene rings is 2. The highest BCUT2D eigenvalue weighted by molar-refractivity contribution is 5.97.